The van der Waals surface area contributed by atoms with Crippen molar-refractivity contribution in [3.05, 3.63) is 47.9 Å². The fourth-order valence-corrected chi connectivity index (χ4v) is 4.04. The Morgan fingerprint density at radius 3 is 2.51 bits per heavy atom. The van der Waals surface area contributed by atoms with Crippen LogP contribution in [0.15, 0.2) is 41.1 Å². The van der Waals surface area contributed by atoms with Gasteiger partial charge in [-0.15, -0.1) is 0 Å². The van der Waals surface area contributed by atoms with Gasteiger partial charge in [0.05, 0.1) is 18.2 Å². The maximum Gasteiger partial charge on any atom is 0.300 e. The molecule has 4 aromatic rings. The van der Waals surface area contributed by atoms with Crippen LogP contribution in [0, 0.1) is 6.92 Å². The molecule has 4 heterocycles. The average Bonchev–Trinajstić information content (AvgIpc) is 3.50. The zero-order chi connectivity index (χ0) is 24.7. The first kappa shape index (κ1) is 22.8. The van der Waals surface area contributed by atoms with Crippen LogP contribution in [0.25, 0.3) is 22.6 Å². The maximum absolute atomic E-state index is 13.2. The van der Waals surface area contributed by atoms with Crippen molar-refractivity contribution in [3.63, 3.8) is 0 Å². The summed E-state index contributed by atoms with van der Waals surface area (Å²) in [5.74, 6) is 1.08. The van der Waals surface area contributed by atoms with E-state index in [1.54, 1.807) is 25.6 Å². The van der Waals surface area contributed by atoms with E-state index in [0.717, 1.165) is 11.3 Å². The van der Waals surface area contributed by atoms with E-state index in [-0.39, 0.29) is 11.4 Å². The summed E-state index contributed by atoms with van der Waals surface area (Å²) in [5, 5.41) is 4.59. The Kier molecular flexibility index (Phi) is 5.66. The second kappa shape index (κ2) is 8.68. The van der Waals surface area contributed by atoms with Crippen LogP contribution in [0.4, 0.5) is 6.01 Å². The molecule has 0 N–H and O–H groups in total. The topological polar surface area (TPSA) is 102 Å². The SMILES string of the molecule is COc1cc(C(=O)N2CCN(c3nc4nc(C)ccc4o3)CC2)ccc1-c1ncn(C(C)(C)C)n1. The second-order valence-electron chi connectivity index (χ2n) is 9.65. The predicted molar refractivity (Wildman–Crippen MR) is 132 cm³/mol. The number of hydrogen-bond acceptors (Lipinski definition) is 8. The molecule has 0 saturated carbocycles. The molecule has 182 valence electrons. The van der Waals surface area contributed by atoms with E-state index < -0.39 is 0 Å². The van der Waals surface area contributed by atoms with E-state index >= 15 is 0 Å². The Balaban J connectivity index is 1.29. The molecule has 0 aliphatic carbocycles. The first-order valence-electron chi connectivity index (χ1n) is 11.6. The number of carbonyl (C=O) groups is 1. The summed E-state index contributed by atoms with van der Waals surface area (Å²) in [6.07, 6.45) is 1.71. The third-order valence-corrected chi connectivity index (χ3v) is 6.09. The molecule has 1 aliphatic rings. The summed E-state index contributed by atoms with van der Waals surface area (Å²) in [7, 11) is 1.59. The van der Waals surface area contributed by atoms with Gasteiger partial charge in [-0.05, 0) is 58.0 Å². The van der Waals surface area contributed by atoms with Crippen LogP contribution < -0.4 is 9.64 Å². The molecular weight excluding hydrogens is 446 g/mol. The molecule has 0 unspecified atom stereocenters. The molecule has 5 rings (SSSR count). The van der Waals surface area contributed by atoms with Gasteiger partial charge in [0.2, 0.25) is 5.65 Å². The summed E-state index contributed by atoms with van der Waals surface area (Å²) < 4.78 is 13.3. The molecule has 10 nitrogen and oxygen atoms in total. The van der Waals surface area contributed by atoms with Crippen molar-refractivity contribution in [2.45, 2.75) is 33.2 Å². The first-order valence-corrected chi connectivity index (χ1v) is 11.6. The molecule has 35 heavy (non-hydrogen) atoms. The number of amides is 1. The molecule has 1 aliphatic heterocycles. The minimum absolute atomic E-state index is 0.0439. The van der Waals surface area contributed by atoms with Crippen LogP contribution in [0.5, 0.6) is 5.75 Å². The quantitative estimate of drug-likeness (QED) is 0.442. The van der Waals surface area contributed by atoms with E-state index in [2.05, 4.69) is 40.8 Å². The van der Waals surface area contributed by atoms with Gasteiger partial charge in [-0.2, -0.15) is 10.1 Å². The predicted octanol–water partition coefficient (Wildman–Crippen LogP) is 3.52. The Morgan fingerprint density at radius 1 is 1.06 bits per heavy atom. The van der Waals surface area contributed by atoms with E-state index in [1.165, 1.54) is 0 Å². The highest BCUT2D eigenvalue weighted by Gasteiger charge is 2.26. The fraction of sp³-hybridized carbons (Fsp3) is 0.400. The van der Waals surface area contributed by atoms with Crippen molar-refractivity contribution >= 4 is 23.2 Å². The zero-order valence-corrected chi connectivity index (χ0v) is 20.6. The normalized spacial score (nSPS) is 14.5. The van der Waals surface area contributed by atoms with Crippen molar-refractivity contribution in [2.24, 2.45) is 0 Å². The number of nitrogens with zero attached hydrogens (tertiary/aromatic N) is 7. The van der Waals surface area contributed by atoms with Gasteiger partial charge < -0.3 is 19.0 Å². The number of carbonyl (C=O) groups excluding carboxylic acids is 1. The number of methoxy groups -OCH3 is 1. The van der Waals surface area contributed by atoms with Crippen LogP contribution >= 0.6 is 0 Å². The molecule has 3 aromatic heterocycles. The first-order chi connectivity index (χ1) is 16.7. The molecule has 0 bridgehead atoms. The third-order valence-electron chi connectivity index (χ3n) is 6.09. The molecule has 0 radical (unpaired) electrons. The number of rotatable bonds is 4. The number of piperazine rings is 1. The number of pyridine rings is 1. The highest BCUT2D eigenvalue weighted by molar-refractivity contribution is 5.95. The standard InChI is InChI=1S/C25H29N7O3/c1-16-6-9-19-22(27-16)28-24(35-19)31-12-10-30(11-13-31)23(33)17-7-8-18(20(14-17)34-5)21-26-15-32(29-21)25(2,3)4/h6-9,14-15H,10-13H2,1-5H3. The van der Waals surface area contributed by atoms with Gasteiger partial charge in [-0.1, -0.05) is 0 Å². The van der Waals surface area contributed by atoms with Crippen molar-refractivity contribution in [1.82, 2.24) is 29.6 Å². The number of aromatic nitrogens is 5. The monoisotopic (exact) mass is 475 g/mol. The van der Waals surface area contributed by atoms with Crippen LogP contribution in [0.2, 0.25) is 0 Å². The van der Waals surface area contributed by atoms with Crippen LogP contribution in [-0.2, 0) is 5.54 Å². The fourth-order valence-electron chi connectivity index (χ4n) is 4.04. The largest absolute Gasteiger partial charge is 0.496 e. The Bertz CT molecular complexity index is 1380. The van der Waals surface area contributed by atoms with Crippen LogP contribution in [0.1, 0.15) is 36.8 Å². The lowest BCUT2D eigenvalue weighted by Gasteiger charge is -2.33. The van der Waals surface area contributed by atoms with Crippen molar-refractivity contribution in [2.75, 3.05) is 38.2 Å². The van der Waals surface area contributed by atoms with Gasteiger partial charge in [0, 0.05) is 37.4 Å². The van der Waals surface area contributed by atoms with Gasteiger partial charge in [-0.25, -0.2) is 14.6 Å². The smallest absolute Gasteiger partial charge is 0.300 e. The molecule has 1 amide bonds. The van der Waals surface area contributed by atoms with E-state index in [9.17, 15) is 4.79 Å². The number of aryl methyl sites for hydroxylation is 1. The highest BCUT2D eigenvalue weighted by Crippen LogP contribution is 2.30. The summed E-state index contributed by atoms with van der Waals surface area (Å²) in [4.78, 5) is 30.5. The minimum Gasteiger partial charge on any atom is -0.496 e. The number of anilines is 1. The number of fused-ring (bicyclic) bond motifs is 1. The Labute approximate surface area is 203 Å². The van der Waals surface area contributed by atoms with Crippen molar-refractivity contribution in [3.8, 4) is 17.1 Å². The van der Waals surface area contributed by atoms with E-state index in [4.69, 9.17) is 9.15 Å². The molecule has 0 atom stereocenters. The van der Waals surface area contributed by atoms with Crippen molar-refractivity contribution in [1.29, 1.82) is 0 Å². The summed E-state index contributed by atoms with van der Waals surface area (Å²) >= 11 is 0. The molecule has 1 aromatic carbocycles. The average molecular weight is 476 g/mol. The number of benzene rings is 1. The molecule has 10 heteroatoms. The second-order valence-corrected chi connectivity index (χ2v) is 9.65. The van der Waals surface area contributed by atoms with Gasteiger partial charge in [0.25, 0.3) is 11.9 Å². The van der Waals surface area contributed by atoms with Gasteiger partial charge >= 0.3 is 0 Å². The Morgan fingerprint density at radius 2 is 1.83 bits per heavy atom. The minimum atomic E-state index is -0.177. The third kappa shape index (κ3) is 4.43. The molecular formula is C25H29N7O3. The molecule has 0 spiro atoms. The lowest BCUT2D eigenvalue weighted by molar-refractivity contribution is 0.0744. The van der Waals surface area contributed by atoms with E-state index in [0.29, 0.717) is 60.6 Å². The lowest BCUT2D eigenvalue weighted by atomic mass is 10.1. The maximum atomic E-state index is 13.2. The van der Waals surface area contributed by atoms with Gasteiger partial charge in [-0.3, -0.25) is 4.79 Å². The number of oxazole rings is 1. The van der Waals surface area contributed by atoms with Crippen LogP contribution in [-0.4, -0.2) is 68.8 Å². The Hall–Kier alpha value is -3.95. The summed E-state index contributed by atoms with van der Waals surface area (Å²) in [6, 6.07) is 9.74. The number of ether oxygens (including phenoxy) is 1. The molecule has 1 fully saturated rings. The van der Waals surface area contributed by atoms with Gasteiger partial charge in [0.15, 0.2) is 11.4 Å². The van der Waals surface area contributed by atoms with E-state index in [1.807, 2.05) is 39.6 Å². The highest BCUT2D eigenvalue weighted by atomic mass is 16.5. The summed E-state index contributed by atoms with van der Waals surface area (Å²) in [6.45, 7) is 10.5. The van der Waals surface area contributed by atoms with Gasteiger partial charge in [0.1, 0.15) is 12.1 Å². The summed E-state index contributed by atoms with van der Waals surface area (Å²) in [5.41, 5.74) is 3.30. The van der Waals surface area contributed by atoms with Crippen molar-refractivity contribution < 1.29 is 13.9 Å². The number of hydrogen-bond donors (Lipinski definition) is 0. The van der Waals surface area contributed by atoms with Crippen LogP contribution in [0.3, 0.4) is 0 Å². The molecule has 1 saturated heterocycles. The lowest BCUT2D eigenvalue weighted by Crippen LogP contribution is -2.48. The zero-order valence-electron chi connectivity index (χ0n) is 20.6.